The second-order valence-corrected chi connectivity index (χ2v) is 24.9. The summed E-state index contributed by atoms with van der Waals surface area (Å²) in [7, 11) is -30.3. The molecule has 32 nitrogen and oxygen atoms in total. The minimum Gasteiger partial charge on any atom is -0.395 e. The van der Waals surface area contributed by atoms with Crippen molar-refractivity contribution < 1.29 is 98.2 Å². The molecule has 0 bridgehead atoms. The van der Waals surface area contributed by atoms with Crippen LogP contribution in [-0.4, -0.2) is 181 Å². The van der Waals surface area contributed by atoms with Gasteiger partial charge in [0.2, 0.25) is 23.8 Å². The van der Waals surface area contributed by atoms with Gasteiger partial charge in [0, 0.05) is 44.7 Å². The third kappa shape index (κ3) is 16.4. The van der Waals surface area contributed by atoms with Gasteiger partial charge in [-0.1, -0.05) is 30.4 Å². The standard InChI is InChI=1S/C42H46N10O22S6/c53-15-11-51(12-16-54)41-46-37(45-38(47-41)22-28-21-30(75(57,58)59)7-9-33(28)77(63,64)65)20-25-1-2-26(35(19-25)79(69,70)71)3-4-27-5-6-29(23-36(27)80(72,73)74)43-39-48-40(50-42(49-39)52(13-17-55)14-18-56)44-32-24-31(76(60,61)62)8-10-34(32)78(66,67)68/h1-10,19,21,23-24,53-56H,11-18,20,22H2,(H,57,58,59)(H,60,61,62)(H,63,64,65)(H,66,67,68)(H,69,70,71)(H,72,73,74)(H2,43,44,48,49,50)/b4-3+. The van der Waals surface area contributed by atoms with E-state index in [2.05, 4.69) is 40.5 Å². The van der Waals surface area contributed by atoms with Crippen molar-refractivity contribution in [1.29, 1.82) is 0 Å². The molecule has 0 aliphatic heterocycles. The summed E-state index contributed by atoms with van der Waals surface area (Å²) in [6.45, 7) is -2.84. The summed E-state index contributed by atoms with van der Waals surface area (Å²) in [4.78, 5) is 22.9. The molecule has 80 heavy (non-hydrogen) atoms. The van der Waals surface area contributed by atoms with Crippen LogP contribution < -0.4 is 20.4 Å². The number of nitrogens with zero attached hydrogens (tertiary/aromatic N) is 8. The van der Waals surface area contributed by atoms with Crippen LogP contribution in [0, 0.1) is 0 Å². The zero-order chi connectivity index (χ0) is 59.2. The second-order valence-electron chi connectivity index (χ2n) is 16.5. The maximum atomic E-state index is 12.9. The molecular formula is C42H46N10O22S6. The number of rotatable bonds is 26. The van der Waals surface area contributed by atoms with Gasteiger partial charge in [-0.25, -0.2) is 4.98 Å². The highest BCUT2D eigenvalue weighted by molar-refractivity contribution is 7.87. The fourth-order valence-electron chi connectivity index (χ4n) is 7.38. The molecule has 38 heteroatoms. The third-order valence-corrected chi connectivity index (χ3v) is 16.2. The van der Waals surface area contributed by atoms with E-state index in [9.17, 15) is 98.2 Å². The maximum Gasteiger partial charge on any atom is 0.296 e. The fraction of sp³-hybridized carbons (Fsp3) is 0.238. The molecule has 2 heterocycles. The number of aromatic nitrogens is 6. The lowest BCUT2D eigenvalue weighted by Gasteiger charge is -2.22. The van der Waals surface area contributed by atoms with Gasteiger partial charge in [-0.15, -0.1) is 0 Å². The Balaban J connectivity index is 1.38. The number of aliphatic hydroxyl groups excluding tert-OH is 4. The average molecular weight is 1240 g/mol. The zero-order valence-electron chi connectivity index (χ0n) is 40.6. The fourth-order valence-corrected chi connectivity index (χ4v) is 11.2. The van der Waals surface area contributed by atoms with Gasteiger partial charge < -0.3 is 40.9 Å². The van der Waals surface area contributed by atoms with Gasteiger partial charge in [-0.3, -0.25) is 27.3 Å². The molecule has 0 unspecified atom stereocenters. The highest BCUT2D eigenvalue weighted by atomic mass is 32.2. The van der Waals surface area contributed by atoms with Crippen LogP contribution in [0.4, 0.5) is 35.2 Å². The van der Waals surface area contributed by atoms with Crippen molar-refractivity contribution in [2.45, 2.75) is 42.2 Å². The van der Waals surface area contributed by atoms with Crippen LogP contribution >= 0.6 is 0 Å². The van der Waals surface area contributed by atoms with Gasteiger partial charge in [0.15, 0.2) is 0 Å². The molecule has 6 rings (SSSR count). The lowest BCUT2D eigenvalue weighted by molar-refractivity contribution is 0.279. The Morgan fingerprint density at radius 1 is 0.412 bits per heavy atom. The predicted octanol–water partition coefficient (Wildman–Crippen LogP) is -0.0420. The molecule has 0 fully saturated rings. The Morgan fingerprint density at radius 2 is 0.850 bits per heavy atom. The van der Waals surface area contributed by atoms with Gasteiger partial charge in [0.05, 0.1) is 46.8 Å². The third-order valence-electron chi connectivity index (χ3n) is 10.8. The number of anilines is 6. The smallest absolute Gasteiger partial charge is 0.296 e. The summed E-state index contributed by atoms with van der Waals surface area (Å²) in [6.07, 6.45) is 1.04. The van der Waals surface area contributed by atoms with E-state index in [4.69, 9.17) is 0 Å². The number of hydrogen-bond acceptors (Lipinski definition) is 26. The summed E-state index contributed by atoms with van der Waals surface area (Å²) >= 11 is 0. The molecule has 0 saturated carbocycles. The monoisotopic (exact) mass is 1230 g/mol. The number of aliphatic hydroxyl groups is 4. The molecule has 0 saturated heterocycles. The van der Waals surface area contributed by atoms with Gasteiger partial charge >= 0.3 is 0 Å². The summed E-state index contributed by atoms with van der Waals surface area (Å²) < 4.78 is 208. The van der Waals surface area contributed by atoms with Crippen molar-refractivity contribution in [1.82, 2.24) is 29.9 Å². The first-order chi connectivity index (χ1) is 37.2. The van der Waals surface area contributed by atoms with E-state index in [0.29, 0.717) is 30.3 Å². The highest BCUT2D eigenvalue weighted by Gasteiger charge is 2.26. The minimum absolute atomic E-state index is 0.0657. The van der Waals surface area contributed by atoms with Crippen molar-refractivity contribution in [3.63, 3.8) is 0 Å². The second kappa shape index (κ2) is 24.9. The Labute approximate surface area is 455 Å². The van der Waals surface area contributed by atoms with E-state index in [1.807, 2.05) is 0 Å². The summed E-state index contributed by atoms with van der Waals surface area (Å²) in [5, 5.41) is 43.9. The van der Waals surface area contributed by atoms with E-state index in [-0.39, 0.29) is 72.1 Å². The molecule has 0 atom stereocenters. The van der Waals surface area contributed by atoms with Crippen molar-refractivity contribution in [2.75, 3.05) is 73.0 Å². The van der Waals surface area contributed by atoms with Gasteiger partial charge in [0.1, 0.15) is 26.3 Å². The molecule has 432 valence electrons. The molecule has 2 aromatic heterocycles. The Hall–Kier alpha value is -6.86. The van der Waals surface area contributed by atoms with Crippen molar-refractivity contribution in [2.24, 2.45) is 0 Å². The normalized spacial score (nSPS) is 12.7. The van der Waals surface area contributed by atoms with Crippen molar-refractivity contribution in [3.8, 4) is 0 Å². The lowest BCUT2D eigenvalue weighted by Crippen LogP contribution is -2.32. The number of benzene rings is 4. The molecular weight excluding hydrogens is 1190 g/mol. The zero-order valence-corrected chi connectivity index (χ0v) is 45.5. The average Bonchev–Trinajstić information content (AvgIpc) is 3.34. The van der Waals surface area contributed by atoms with E-state index in [1.54, 1.807) is 0 Å². The van der Waals surface area contributed by atoms with Gasteiger partial charge in [-0.05, 0) is 76.9 Å². The lowest BCUT2D eigenvalue weighted by atomic mass is 10.1. The van der Waals surface area contributed by atoms with Crippen molar-refractivity contribution >= 4 is 108 Å². The molecule has 0 amide bonds. The largest absolute Gasteiger partial charge is 0.395 e. The molecule has 12 N–H and O–H groups in total. The Morgan fingerprint density at radius 3 is 1.34 bits per heavy atom. The first-order valence-electron chi connectivity index (χ1n) is 22.3. The predicted molar refractivity (Wildman–Crippen MR) is 278 cm³/mol. The van der Waals surface area contributed by atoms with Crippen molar-refractivity contribution in [3.05, 3.63) is 107 Å². The van der Waals surface area contributed by atoms with Gasteiger partial charge in [-0.2, -0.15) is 75.4 Å². The quantitative estimate of drug-likeness (QED) is 0.0250. The number of hydrogen-bond donors (Lipinski definition) is 12. The first kappa shape index (κ1) is 62.3. The van der Waals surface area contributed by atoms with E-state index >= 15 is 0 Å². The minimum atomic E-state index is -5.18. The molecule has 0 aliphatic carbocycles. The number of nitrogens with one attached hydrogen (secondary N) is 2. The van der Waals surface area contributed by atoms with Crippen LogP contribution in [0.25, 0.3) is 12.2 Å². The van der Waals surface area contributed by atoms with Crippen LogP contribution in [0.2, 0.25) is 0 Å². The molecule has 0 spiro atoms. The molecule has 4 aromatic carbocycles. The Bertz CT molecular complexity index is 3790. The summed E-state index contributed by atoms with van der Waals surface area (Å²) in [5.41, 5.74) is -1.80. The Kier molecular flexibility index (Phi) is 19.4. The van der Waals surface area contributed by atoms with Crippen LogP contribution in [0.5, 0.6) is 0 Å². The van der Waals surface area contributed by atoms with Crippen LogP contribution in [-0.2, 0) is 73.6 Å². The molecule has 0 aliphatic rings. The molecule has 6 aromatic rings. The summed E-state index contributed by atoms with van der Waals surface area (Å²) in [5.74, 6) is -2.14. The summed E-state index contributed by atoms with van der Waals surface area (Å²) in [6, 6.07) is 10.7. The van der Waals surface area contributed by atoms with E-state index < -0.39 is 152 Å². The van der Waals surface area contributed by atoms with E-state index in [0.717, 1.165) is 36.4 Å². The van der Waals surface area contributed by atoms with Crippen LogP contribution in [0.1, 0.15) is 33.9 Å². The topological polar surface area (TPSA) is 515 Å². The van der Waals surface area contributed by atoms with Crippen LogP contribution in [0.3, 0.4) is 0 Å². The van der Waals surface area contributed by atoms with E-state index in [1.165, 1.54) is 28.0 Å². The highest BCUT2D eigenvalue weighted by Crippen LogP contribution is 2.31. The van der Waals surface area contributed by atoms with Gasteiger partial charge in [0.25, 0.3) is 60.7 Å². The maximum absolute atomic E-state index is 12.9. The molecule has 0 radical (unpaired) electrons. The first-order valence-corrected chi connectivity index (χ1v) is 30.9. The van der Waals surface area contributed by atoms with Crippen LogP contribution in [0.15, 0.2) is 102 Å². The SMILES string of the molecule is O=S(=O)(O)c1ccc(S(=O)(=O)O)c(Cc2nc(Cc3ccc(/C=C/c4ccc(Nc5nc(Nc6cc(S(=O)(=O)O)ccc6S(=O)(=O)O)nc(N(CCO)CCO)n5)cc4S(=O)(=O)O)c(S(=O)(=O)O)c3)nc(N(CCO)CCO)n2)c1.